The maximum absolute atomic E-state index is 12.6. The SMILES string of the molecule is CCCCC(NC(=O)CCc1c(C)c2cc3c(C(C)(C)C)coc3cc2oc1=O)C(=O)O. The summed E-state index contributed by atoms with van der Waals surface area (Å²) < 4.78 is 11.2. The topological polar surface area (TPSA) is 110 Å². The van der Waals surface area contributed by atoms with Crippen LogP contribution in [0.1, 0.15) is 70.1 Å². The summed E-state index contributed by atoms with van der Waals surface area (Å²) in [6, 6.07) is 2.79. The minimum absolute atomic E-state index is 0.00814. The maximum Gasteiger partial charge on any atom is 0.339 e. The van der Waals surface area contributed by atoms with E-state index in [9.17, 15) is 19.5 Å². The molecule has 0 fully saturated rings. The Morgan fingerprint density at radius 2 is 1.88 bits per heavy atom. The van der Waals surface area contributed by atoms with E-state index in [4.69, 9.17) is 8.83 Å². The van der Waals surface area contributed by atoms with Crippen molar-refractivity contribution >= 4 is 33.8 Å². The van der Waals surface area contributed by atoms with Crippen LogP contribution in [0.5, 0.6) is 0 Å². The van der Waals surface area contributed by atoms with Crippen molar-refractivity contribution in [1.82, 2.24) is 5.32 Å². The molecule has 1 unspecified atom stereocenters. The number of unbranched alkanes of at least 4 members (excludes halogenated alkanes) is 1. The molecule has 0 saturated carbocycles. The van der Waals surface area contributed by atoms with Crippen LogP contribution >= 0.6 is 0 Å². The van der Waals surface area contributed by atoms with Gasteiger partial charge in [-0.25, -0.2) is 9.59 Å². The summed E-state index contributed by atoms with van der Waals surface area (Å²) in [7, 11) is 0. The second kappa shape index (κ2) is 9.18. The standard InChI is InChI=1S/C25H31NO6/c1-6-7-8-19(23(28)29)26-22(27)10-9-15-14(2)16-11-17-18(25(3,4)5)13-31-20(17)12-21(16)32-24(15)30/h11-13,19H,6-10H2,1-5H3,(H,26,27)(H,28,29). The van der Waals surface area contributed by atoms with E-state index in [2.05, 4.69) is 26.1 Å². The molecule has 7 nitrogen and oxygen atoms in total. The Bertz CT molecular complexity index is 1210. The number of rotatable bonds is 8. The number of hydrogen-bond acceptors (Lipinski definition) is 5. The number of hydrogen-bond donors (Lipinski definition) is 2. The molecule has 0 radical (unpaired) electrons. The summed E-state index contributed by atoms with van der Waals surface area (Å²) >= 11 is 0. The minimum Gasteiger partial charge on any atom is -0.480 e. The van der Waals surface area contributed by atoms with Crippen LogP contribution in [0.2, 0.25) is 0 Å². The van der Waals surface area contributed by atoms with Gasteiger partial charge >= 0.3 is 11.6 Å². The fourth-order valence-corrected chi connectivity index (χ4v) is 3.95. The molecule has 0 spiro atoms. The first-order valence-corrected chi connectivity index (χ1v) is 11.0. The predicted molar refractivity (Wildman–Crippen MR) is 123 cm³/mol. The van der Waals surface area contributed by atoms with Gasteiger partial charge in [-0.3, -0.25) is 4.79 Å². The largest absolute Gasteiger partial charge is 0.480 e. The Morgan fingerprint density at radius 1 is 1.16 bits per heavy atom. The lowest BCUT2D eigenvalue weighted by molar-refractivity contribution is -0.142. The lowest BCUT2D eigenvalue weighted by Gasteiger charge is -2.17. The van der Waals surface area contributed by atoms with Gasteiger partial charge in [0.2, 0.25) is 5.91 Å². The van der Waals surface area contributed by atoms with Crippen molar-refractivity contribution in [3.8, 4) is 0 Å². The molecule has 0 aliphatic carbocycles. The molecule has 0 bridgehead atoms. The zero-order valence-electron chi connectivity index (χ0n) is 19.3. The molecule has 1 amide bonds. The van der Waals surface area contributed by atoms with Crippen LogP contribution in [0.15, 0.2) is 32.0 Å². The smallest absolute Gasteiger partial charge is 0.339 e. The molecule has 0 aliphatic rings. The first kappa shape index (κ1) is 23.6. The van der Waals surface area contributed by atoms with E-state index in [1.54, 1.807) is 12.3 Å². The summed E-state index contributed by atoms with van der Waals surface area (Å²) in [6.45, 7) is 10.1. The van der Waals surface area contributed by atoms with E-state index in [1.165, 1.54) is 0 Å². The quantitative estimate of drug-likeness (QED) is 0.484. The number of aryl methyl sites for hydroxylation is 1. The molecule has 1 aromatic carbocycles. The van der Waals surface area contributed by atoms with E-state index < -0.39 is 23.5 Å². The van der Waals surface area contributed by atoms with Gasteiger partial charge in [0.1, 0.15) is 17.2 Å². The highest BCUT2D eigenvalue weighted by Crippen LogP contribution is 2.35. The molecule has 1 atom stereocenters. The molecule has 3 rings (SSSR count). The molecule has 2 heterocycles. The fourth-order valence-electron chi connectivity index (χ4n) is 3.95. The molecular formula is C25H31NO6. The Morgan fingerprint density at radius 3 is 2.50 bits per heavy atom. The van der Waals surface area contributed by atoms with Crippen LogP contribution in [0, 0.1) is 6.92 Å². The number of nitrogens with one attached hydrogen (secondary N) is 1. The highest BCUT2D eigenvalue weighted by molar-refractivity contribution is 5.97. The number of carboxylic acid groups (broad SMARTS) is 1. The summed E-state index contributed by atoms with van der Waals surface area (Å²) in [6.07, 6.45) is 3.85. The van der Waals surface area contributed by atoms with Crippen LogP contribution in [-0.4, -0.2) is 23.0 Å². The first-order valence-electron chi connectivity index (χ1n) is 11.0. The van der Waals surface area contributed by atoms with Gasteiger partial charge in [0.05, 0.1) is 6.26 Å². The summed E-state index contributed by atoms with van der Waals surface area (Å²) in [5.74, 6) is -1.44. The van der Waals surface area contributed by atoms with Crippen LogP contribution in [0.3, 0.4) is 0 Å². The Balaban J connectivity index is 1.88. The molecular weight excluding hydrogens is 410 g/mol. The fraction of sp³-hybridized carbons (Fsp3) is 0.480. The first-order chi connectivity index (χ1) is 15.0. The lowest BCUT2D eigenvalue weighted by Crippen LogP contribution is -2.40. The van der Waals surface area contributed by atoms with E-state index in [0.717, 1.165) is 28.3 Å². The van der Waals surface area contributed by atoms with Crippen LogP contribution in [-0.2, 0) is 21.4 Å². The Labute approximate surface area is 186 Å². The van der Waals surface area contributed by atoms with Gasteiger partial charge in [-0.15, -0.1) is 0 Å². The Hall–Kier alpha value is -3.09. The predicted octanol–water partition coefficient (Wildman–Crippen LogP) is 4.84. The normalized spacial score (nSPS) is 12.9. The zero-order chi connectivity index (χ0) is 23.6. The number of benzene rings is 1. The van der Waals surface area contributed by atoms with Crippen molar-refractivity contribution in [1.29, 1.82) is 0 Å². The molecule has 172 valence electrons. The van der Waals surface area contributed by atoms with Gasteiger partial charge in [-0.05, 0) is 36.8 Å². The van der Waals surface area contributed by atoms with Gasteiger partial charge < -0.3 is 19.3 Å². The number of carbonyl (C=O) groups excluding carboxylic acids is 1. The van der Waals surface area contributed by atoms with E-state index in [1.807, 2.05) is 19.9 Å². The number of carboxylic acids is 1. The van der Waals surface area contributed by atoms with Crippen molar-refractivity contribution in [2.45, 2.75) is 78.2 Å². The van der Waals surface area contributed by atoms with Crippen molar-refractivity contribution in [3.63, 3.8) is 0 Å². The third-order valence-electron chi connectivity index (χ3n) is 5.87. The average molecular weight is 442 g/mol. The van der Waals surface area contributed by atoms with Crippen molar-refractivity contribution in [2.75, 3.05) is 0 Å². The highest BCUT2D eigenvalue weighted by atomic mass is 16.4. The number of aliphatic carboxylic acids is 1. The summed E-state index contributed by atoms with van der Waals surface area (Å²) in [5, 5.41) is 13.6. The van der Waals surface area contributed by atoms with Crippen LogP contribution in [0.25, 0.3) is 21.9 Å². The molecule has 32 heavy (non-hydrogen) atoms. The third kappa shape index (κ3) is 4.87. The molecule has 7 heteroatoms. The zero-order valence-corrected chi connectivity index (χ0v) is 19.3. The lowest BCUT2D eigenvalue weighted by atomic mass is 9.86. The summed E-state index contributed by atoms with van der Waals surface area (Å²) in [4.78, 5) is 36.3. The molecule has 3 aromatic rings. The van der Waals surface area contributed by atoms with Crippen LogP contribution in [0.4, 0.5) is 0 Å². The molecule has 2 aromatic heterocycles. The van der Waals surface area contributed by atoms with E-state index >= 15 is 0 Å². The monoisotopic (exact) mass is 441 g/mol. The van der Waals surface area contributed by atoms with Gasteiger partial charge in [-0.2, -0.15) is 0 Å². The second-order valence-corrected chi connectivity index (χ2v) is 9.34. The molecule has 0 aliphatic heterocycles. The van der Waals surface area contributed by atoms with Crippen molar-refractivity contribution in [3.05, 3.63) is 45.5 Å². The van der Waals surface area contributed by atoms with Gasteiger partial charge in [0.25, 0.3) is 0 Å². The van der Waals surface area contributed by atoms with E-state index in [0.29, 0.717) is 29.6 Å². The Kier molecular flexibility index (Phi) is 6.77. The molecule has 2 N–H and O–H groups in total. The third-order valence-corrected chi connectivity index (χ3v) is 5.87. The number of amides is 1. The number of fused-ring (bicyclic) bond motifs is 2. The van der Waals surface area contributed by atoms with Gasteiger partial charge in [-0.1, -0.05) is 40.5 Å². The summed E-state index contributed by atoms with van der Waals surface area (Å²) in [5.41, 5.74) is 2.73. The van der Waals surface area contributed by atoms with Gasteiger partial charge in [0, 0.05) is 34.4 Å². The highest BCUT2D eigenvalue weighted by Gasteiger charge is 2.23. The van der Waals surface area contributed by atoms with Crippen molar-refractivity contribution < 1.29 is 23.5 Å². The van der Waals surface area contributed by atoms with Crippen molar-refractivity contribution in [2.24, 2.45) is 0 Å². The van der Waals surface area contributed by atoms with E-state index in [-0.39, 0.29) is 18.3 Å². The minimum atomic E-state index is -1.05. The number of furan rings is 1. The average Bonchev–Trinajstić information content (AvgIpc) is 3.12. The van der Waals surface area contributed by atoms with Crippen LogP contribution < -0.4 is 10.9 Å². The van der Waals surface area contributed by atoms with Gasteiger partial charge in [0.15, 0.2) is 0 Å². The second-order valence-electron chi connectivity index (χ2n) is 9.34. The molecule has 0 saturated heterocycles. The number of carbonyl (C=O) groups is 2. The maximum atomic E-state index is 12.6.